The van der Waals surface area contributed by atoms with Gasteiger partial charge in [0.15, 0.2) is 5.65 Å². The van der Waals surface area contributed by atoms with Crippen LogP contribution in [0.2, 0.25) is 0 Å². The van der Waals surface area contributed by atoms with Crippen LogP contribution in [0.4, 0.5) is 5.95 Å². The molecule has 0 radical (unpaired) electrons. The normalized spacial score (nSPS) is 11.1. The average molecular weight is 297 g/mol. The zero-order valence-corrected chi connectivity index (χ0v) is 11.9. The van der Waals surface area contributed by atoms with Crippen molar-refractivity contribution in [1.29, 1.82) is 0 Å². The summed E-state index contributed by atoms with van der Waals surface area (Å²) in [4.78, 5) is 8.03. The lowest BCUT2D eigenvalue weighted by atomic mass is 10.4. The van der Waals surface area contributed by atoms with Crippen molar-refractivity contribution in [3.05, 3.63) is 6.20 Å². The summed E-state index contributed by atoms with van der Waals surface area (Å²) in [7, 11) is 1.63. The molecule has 0 atom stereocenters. The van der Waals surface area contributed by atoms with Gasteiger partial charge in [0.25, 0.3) is 0 Å². The van der Waals surface area contributed by atoms with Gasteiger partial charge in [-0.15, -0.1) is 0 Å². The first-order valence-electron chi connectivity index (χ1n) is 6.55. The van der Waals surface area contributed by atoms with Crippen LogP contribution in [0.15, 0.2) is 6.20 Å². The number of aromatic amines is 1. The summed E-state index contributed by atoms with van der Waals surface area (Å²) in [6.45, 7) is 2.95. The van der Waals surface area contributed by atoms with E-state index in [1.54, 1.807) is 13.3 Å². The van der Waals surface area contributed by atoms with E-state index in [9.17, 15) is 0 Å². The Labute approximate surface area is 121 Å². The van der Waals surface area contributed by atoms with Crippen LogP contribution in [-0.4, -0.2) is 66.9 Å². The number of nitrogen functional groups attached to an aromatic ring is 1. The van der Waals surface area contributed by atoms with E-state index in [1.807, 2.05) is 0 Å². The highest BCUT2D eigenvalue weighted by atomic mass is 16.6. The third kappa shape index (κ3) is 4.81. The third-order valence-electron chi connectivity index (χ3n) is 2.56. The van der Waals surface area contributed by atoms with Crippen molar-refractivity contribution in [2.24, 2.45) is 0 Å². The van der Waals surface area contributed by atoms with E-state index in [0.717, 1.165) is 0 Å². The Morgan fingerprint density at radius 1 is 1.05 bits per heavy atom. The number of nitrogens with zero attached hydrogens (tertiary/aromatic N) is 3. The Balaban J connectivity index is 1.65. The second-order valence-corrected chi connectivity index (χ2v) is 4.09. The van der Waals surface area contributed by atoms with Crippen LogP contribution in [0.5, 0.6) is 5.88 Å². The summed E-state index contributed by atoms with van der Waals surface area (Å²) in [5.74, 6) is 0.528. The topological polar surface area (TPSA) is 117 Å². The predicted octanol–water partition coefficient (Wildman–Crippen LogP) is -0.00650. The molecule has 0 spiro atoms. The van der Waals surface area contributed by atoms with Crippen LogP contribution in [0, 0.1) is 0 Å². The Kier molecular flexibility index (Phi) is 6.13. The molecule has 0 aromatic carbocycles. The van der Waals surface area contributed by atoms with Gasteiger partial charge in [-0.05, 0) is 0 Å². The molecule has 9 heteroatoms. The van der Waals surface area contributed by atoms with E-state index in [2.05, 4.69) is 20.2 Å². The van der Waals surface area contributed by atoms with E-state index < -0.39 is 0 Å². The smallest absolute Gasteiger partial charge is 0.229 e. The molecule has 0 saturated carbocycles. The highest BCUT2D eigenvalue weighted by Gasteiger charge is 2.08. The predicted molar refractivity (Wildman–Crippen MR) is 75.1 cm³/mol. The van der Waals surface area contributed by atoms with Crippen LogP contribution >= 0.6 is 0 Å². The number of aromatic nitrogens is 4. The van der Waals surface area contributed by atoms with Gasteiger partial charge in [-0.3, -0.25) is 5.10 Å². The van der Waals surface area contributed by atoms with Gasteiger partial charge in [0.1, 0.15) is 12.0 Å². The molecule has 0 amide bonds. The summed E-state index contributed by atoms with van der Waals surface area (Å²) >= 11 is 0. The molecule has 0 aliphatic rings. The summed E-state index contributed by atoms with van der Waals surface area (Å²) < 4.78 is 21.0. The fourth-order valence-electron chi connectivity index (χ4n) is 1.60. The first kappa shape index (κ1) is 15.4. The van der Waals surface area contributed by atoms with Crippen molar-refractivity contribution < 1.29 is 18.9 Å². The molecule has 2 aromatic heterocycles. The molecule has 9 nitrogen and oxygen atoms in total. The van der Waals surface area contributed by atoms with Crippen molar-refractivity contribution >= 4 is 17.0 Å². The zero-order chi connectivity index (χ0) is 14.9. The largest absolute Gasteiger partial charge is 0.475 e. The molecule has 3 N–H and O–H groups in total. The van der Waals surface area contributed by atoms with Gasteiger partial charge in [-0.1, -0.05) is 0 Å². The first-order valence-corrected chi connectivity index (χ1v) is 6.55. The Hall–Kier alpha value is -1.97. The SMILES string of the molecule is COCCOCCOCCOc1nc(N)nc2[nH]ncc12. The number of ether oxygens (including phenoxy) is 4. The molecule has 2 rings (SSSR count). The summed E-state index contributed by atoms with van der Waals surface area (Å²) in [5.41, 5.74) is 6.13. The Morgan fingerprint density at radius 3 is 2.52 bits per heavy atom. The molecule has 0 bridgehead atoms. The highest BCUT2D eigenvalue weighted by Crippen LogP contribution is 2.20. The van der Waals surface area contributed by atoms with Gasteiger partial charge < -0.3 is 24.7 Å². The zero-order valence-electron chi connectivity index (χ0n) is 11.9. The maximum absolute atomic E-state index is 5.59. The number of nitrogens with two attached hydrogens (primary N) is 1. The Bertz CT molecular complexity index is 547. The van der Waals surface area contributed by atoms with Gasteiger partial charge in [-0.25, -0.2) is 0 Å². The van der Waals surface area contributed by atoms with Crippen molar-refractivity contribution in [3.8, 4) is 5.88 Å². The number of H-pyrrole nitrogens is 1. The molecule has 116 valence electrons. The maximum Gasteiger partial charge on any atom is 0.229 e. The molecule has 0 saturated heterocycles. The van der Waals surface area contributed by atoms with Crippen LogP contribution in [-0.2, 0) is 14.2 Å². The minimum Gasteiger partial charge on any atom is -0.475 e. The van der Waals surface area contributed by atoms with E-state index >= 15 is 0 Å². The minimum absolute atomic E-state index is 0.134. The highest BCUT2D eigenvalue weighted by molar-refractivity contribution is 5.80. The number of hydrogen-bond donors (Lipinski definition) is 2. The average Bonchev–Trinajstić information content (AvgIpc) is 2.93. The monoisotopic (exact) mass is 297 g/mol. The summed E-state index contributed by atoms with van der Waals surface area (Å²) in [6, 6.07) is 0. The molecule has 2 aromatic rings. The summed E-state index contributed by atoms with van der Waals surface area (Å²) in [6.07, 6.45) is 1.59. The van der Waals surface area contributed by atoms with Crippen LogP contribution in [0.3, 0.4) is 0 Å². The second-order valence-electron chi connectivity index (χ2n) is 4.09. The number of fused-ring (bicyclic) bond motifs is 1. The molecule has 0 fully saturated rings. The van der Waals surface area contributed by atoms with Gasteiger partial charge in [-0.2, -0.15) is 15.1 Å². The molecular weight excluding hydrogens is 278 g/mol. The molecular formula is C12H19N5O4. The minimum atomic E-state index is 0.134. The van der Waals surface area contributed by atoms with E-state index in [4.69, 9.17) is 24.7 Å². The Morgan fingerprint density at radius 2 is 1.76 bits per heavy atom. The van der Waals surface area contributed by atoms with E-state index in [-0.39, 0.29) is 5.95 Å². The molecule has 0 aliphatic heterocycles. The van der Waals surface area contributed by atoms with Gasteiger partial charge in [0.05, 0.1) is 39.2 Å². The molecule has 21 heavy (non-hydrogen) atoms. The quantitative estimate of drug-likeness (QED) is 0.588. The number of methoxy groups -OCH3 is 1. The van der Waals surface area contributed by atoms with Crippen molar-refractivity contribution in [3.63, 3.8) is 0 Å². The lowest BCUT2D eigenvalue weighted by molar-refractivity contribution is 0.0178. The maximum atomic E-state index is 5.59. The van der Waals surface area contributed by atoms with E-state index in [0.29, 0.717) is 56.6 Å². The number of rotatable bonds is 10. The van der Waals surface area contributed by atoms with Crippen molar-refractivity contribution in [2.45, 2.75) is 0 Å². The van der Waals surface area contributed by atoms with Gasteiger partial charge in [0, 0.05) is 7.11 Å². The van der Waals surface area contributed by atoms with E-state index in [1.165, 1.54) is 0 Å². The van der Waals surface area contributed by atoms with Crippen molar-refractivity contribution in [2.75, 3.05) is 52.5 Å². The van der Waals surface area contributed by atoms with Gasteiger partial charge in [0.2, 0.25) is 11.8 Å². The molecule has 0 unspecified atom stereocenters. The first-order chi connectivity index (χ1) is 10.3. The number of nitrogens with one attached hydrogen (secondary N) is 1. The number of anilines is 1. The fourth-order valence-corrected chi connectivity index (χ4v) is 1.60. The summed E-state index contributed by atoms with van der Waals surface area (Å²) in [5, 5.41) is 7.28. The lowest BCUT2D eigenvalue weighted by Crippen LogP contribution is -2.13. The lowest BCUT2D eigenvalue weighted by Gasteiger charge is -2.08. The van der Waals surface area contributed by atoms with Crippen LogP contribution in [0.1, 0.15) is 0 Å². The van der Waals surface area contributed by atoms with Gasteiger partial charge >= 0.3 is 0 Å². The van der Waals surface area contributed by atoms with Crippen molar-refractivity contribution in [1.82, 2.24) is 20.2 Å². The fraction of sp³-hybridized carbons (Fsp3) is 0.583. The third-order valence-corrected chi connectivity index (χ3v) is 2.56. The number of hydrogen-bond acceptors (Lipinski definition) is 8. The van der Waals surface area contributed by atoms with Crippen LogP contribution in [0.25, 0.3) is 11.0 Å². The van der Waals surface area contributed by atoms with Crippen LogP contribution < -0.4 is 10.5 Å². The second kappa shape index (κ2) is 8.35. The standard InChI is InChI=1S/C12H19N5O4/c1-18-2-3-19-4-5-20-6-7-21-11-9-8-14-17-10(9)15-12(13)16-11/h8H,2-7H2,1H3,(H3,13,14,15,16,17). The molecule has 2 heterocycles. The molecule has 0 aliphatic carbocycles.